The lowest BCUT2D eigenvalue weighted by Gasteiger charge is -2.14. The average molecular weight is 420 g/mol. The number of aryl methyl sites for hydroxylation is 1. The molecular formula is C19H28N6O5. The van der Waals surface area contributed by atoms with E-state index < -0.39 is 11.2 Å². The fourth-order valence-corrected chi connectivity index (χ4v) is 3.95. The highest BCUT2D eigenvalue weighted by molar-refractivity contribution is 5.81. The van der Waals surface area contributed by atoms with Crippen LogP contribution < -0.4 is 21.9 Å². The molecule has 2 atom stereocenters. The van der Waals surface area contributed by atoms with Crippen LogP contribution in [0.1, 0.15) is 19.3 Å². The van der Waals surface area contributed by atoms with Gasteiger partial charge in [-0.3, -0.25) is 23.3 Å². The lowest BCUT2D eigenvalue weighted by molar-refractivity contribution is -0.122. The number of hydrogen-bond donors (Lipinski definition) is 2. The summed E-state index contributed by atoms with van der Waals surface area (Å²) in [6.07, 6.45) is 2.89. The molecule has 0 saturated carbocycles. The summed E-state index contributed by atoms with van der Waals surface area (Å²) < 4.78 is 14.9. The van der Waals surface area contributed by atoms with Gasteiger partial charge in [-0.05, 0) is 19.3 Å². The number of nitrogens with zero attached hydrogens (tertiary/aromatic N) is 4. The highest BCUT2D eigenvalue weighted by atomic mass is 16.5. The van der Waals surface area contributed by atoms with E-state index in [1.165, 1.54) is 11.6 Å². The lowest BCUT2D eigenvalue weighted by Crippen LogP contribution is -2.38. The summed E-state index contributed by atoms with van der Waals surface area (Å²) in [5, 5.41) is 6.12. The zero-order valence-electron chi connectivity index (χ0n) is 17.3. The topological polar surface area (TPSA) is 121 Å². The van der Waals surface area contributed by atoms with E-state index in [0.29, 0.717) is 31.6 Å². The van der Waals surface area contributed by atoms with Crippen molar-refractivity contribution in [1.82, 2.24) is 24.0 Å². The maximum absolute atomic E-state index is 12.8. The molecule has 2 saturated heterocycles. The van der Waals surface area contributed by atoms with E-state index in [1.807, 2.05) is 0 Å². The molecule has 0 bridgehead atoms. The van der Waals surface area contributed by atoms with Gasteiger partial charge in [0.05, 0.1) is 12.7 Å². The second-order valence-electron chi connectivity index (χ2n) is 7.95. The molecule has 11 heteroatoms. The van der Waals surface area contributed by atoms with Crippen LogP contribution in [0.3, 0.4) is 0 Å². The number of anilines is 1. The third-order valence-electron chi connectivity index (χ3n) is 5.77. The summed E-state index contributed by atoms with van der Waals surface area (Å²) in [7, 11) is 2.98. The molecule has 4 heterocycles. The SMILES string of the molecule is Cn1c(=O)c2c(nc(NC[C@H]3CCOC3)n2CC(=O)NC[C@@H]2CCCO2)n(C)c1=O. The van der Waals surface area contributed by atoms with Crippen molar-refractivity contribution < 1.29 is 14.3 Å². The quantitative estimate of drug-likeness (QED) is 0.600. The van der Waals surface area contributed by atoms with Crippen LogP contribution in [-0.2, 0) is 34.9 Å². The number of carbonyl (C=O) groups is 1. The van der Waals surface area contributed by atoms with Crippen LogP contribution in [0.4, 0.5) is 5.95 Å². The van der Waals surface area contributed by atoms with Gasteiger partial charge in [0.1, 0.15) is 6.54 Å². The Bertz CT molecular complexity index is 1040. The summed E-state index contributed by atoms with van der Waals surface area (Å²) in [5.41, 5.74) is -0.474. The first-order valence-corrected chi connectivity index (χ1v) is 10.3. The van der Waals surface area contributed by atoms with Crippen molar-refractivity contribution in [1.29, 1.82) is 0 Å². The van der Waals surface area contributed by atoms with Crippen LogP contribution in [0, 0.1) is 5.92 Å². The molecule has 0 aliphatic carbocycles. The van der Waals surface area contributed by atoms with Gasteiger partial charge in [0.15, 0.2) is 11.2 Å². The van der Waals surface area contributed by atoms with Crippen molar-refractivity contribution in [3.05, 3.63) is 20.8 Å². The first-order chi connectivity index (χ1) is 14.5. The Morgan fingerprint density at radius 1 is 1.17 bits per heavy atom. The van der Waals surface area contributed by atoms with Gasteiger partial charge in [0.2, 0.25) is 11.9 Å². The summed E-state index contributed by atoms with van der Waals surface area (Å²) in [6, 6.07) is 0. The average Bonchev–Trinajstić information content (AvgIpc) is 3.49. The van der Waals surface area contributed by atoms with Crippen LogP contribution >= 0.6 is 0 Å². The van der Waals surface area contributed by atoms with Gasteiger partial charge < -0.3 is 20.1 Å². The molecule has 2 aromatic rings. The largest absolute Gasteiger partial charge is 0.381 e. The molecule has 2 N–H and O–H groups in total. The number of rotatable bonds is 7. The summed E-state index contributed by atoms with van der Waals surface area (Å²) >= 11 is 0. The Balaban J connectivity index is 1.63. The van der Waals surface area contributed by atoms with E-state index in [4.69, 9.17) is 9.47 Å². The minimum atomic E-state index is -0.482. The van der Waals surface area contributed by atoms with Crippen LogP contribution in [0.5, 0.6) is 0 Å². The molecule has 0 aromatic carbocycles. The Morgan fingerprint density at radius 2 is 2.00 bits per heavy atom. The van der Waals surface area contributed by atoms with Crippen molar-refractivity contribution in [2.45, 2.75) is 31.9 Å². The fourth-order valence-electron chi connectivity index (χ4n) is 3.95. The summed E-state index contributed by atoms with van der Waals surface area (Å²) in [4.78, 5) is 42.3. The molecule has 0 spiro atoms. The second kappa shape index (κ2) is 8.60. The first kappa shape index (κ1) is 20.6. The van der Waals surface area contributed by atoms with Crippen LogP contribution in [-0.4, -0.2) is 63.6 Å². The Hall–Kier alpha value is -2.66. The third-order valence-corrected chi connectivity index (χ3v) is 5.77. The van der Waals surface area contributed by atoms with Crippen LogP contribution in [0.25, 0.3) is 11.2 Å². The van der Waals surface area contributed by atoms with Gasteiger partial charge in [-0.15, -0.1) is 0 Å². The molecule has 2 aliphatic rings. The van der Waals surface area contributed by atoms with E-state index in [0.717, 1.165) is 37.0 Å². The Labute approximate surface area is 173 Å². The minimum Gasteiger partial charge on any atom is -0.381 e. The van der Waals surface area contributed by atoms with Crippen molar-refractivity contribution in [3.8, 4) is 0 Å². The number of imidazole rings is 1. The van der Waals surface area contributed by atoms with Gasteiger partial charge in [-0.2, -0.15) is 4.98 Å². The molecule has 11 nitrogen and oxygen atoms in total. The number of fused-ring (bicyclic) bond motifs is 1. The highest BCUT2D eigenvalue weighted by Gasteiger charge is 2.23. The molecular weight excluding hydrogens is 392 g/mol. The van der Waals surface area contributed by atoms with Crippen LogP contribution in [0.15, 0.2) is 9.59 Å². The number of carbonyl (C=O) groups excluding carboxylic acids is 1. The number of ether oxygens (including phenoxy) is 2. The maximum atomic E-state index is 12.8. The van der Waals surface area contributed by atoms with E-state index >= 15 is 0 Å². The van der Waals surface area contributed by atoms with Gasteiger partial charge in [0, 0.05) is 46.3 Å². The van der Waals surface area contributed by atoms with Gasteiger partial charge >= 0.3 is 5.69 Å². The van der Waals surface area contributed by atoms with Gasteiger partial charge in [0.25, 0.3) is 5.56 Å². The molecule has 30 heavy (non-hydrogen) atoms. The van der Waals surface area contributed by atoms with Crippen molar-refractivity contribution >= 4 is 23.0 Å². The number of nitrogens with one attached hydrogen (secondary N) is 2. The molecule has 2 aromatic heterocycles. The van der Waals surface area contributed by atoms with E-state index in [1.54, 1.807) is 11.6 Å². The predicted octanol–water partition coefficient (Wildman–Crippen LogP) is -0.823. The number of aromatic nitrogens is 4. The second-order valence-corrected chi connectivity index (χ2v) is 7.95. The van der Waals surface area contributed by atoms with Gasteiger partial charge in [-0.25, -0.2) is 4.79 Å². The molecule has 1 amide bonds. The Kier molecular flexibility index (Phi) is 5.91. The van der Waals surface area contributed by atoms with Crippen molar-refractivity contribution in [2.24, 2.45) is 20.0 Å². The fraction of sp³-hybridized carbons (Fsp3) is 0.684. The zero-order valence-corrected chi connectivity index (χ0v) is 17.3. The smallest absolute Gasteiger partial charge is 0.332 e. The first-order valence-electron chi connectivity index (χ1n) is 10.3. The molecule has 4 rings (SSSR count). The standard InChI is InChI=1S/C19H28N6O5/c1-23-16-15(17(27)24(2)19(23)28)25(10-14(26)20-9-13-4-3-6-30-13)18(22-16)21-8-12-5-7-29-11-12/h12-13H,3-11H2,1-2H3,(H,20,26)(H,21,22)/t12-,13+/m1/s1. The lowest BCUT2D eigenvalue weighted by atomic mass is 10.1. The predicted molar refractivity (Wildman–Crippen MR) is 110 cm³/mol. The number of hydrogen-bond acceptors (Lipinski definition) is 7. The molecule has 0 radical (unpaired) electrons. The zero-order chi connectivity index (χ0) is 21.3. The van der Waals surface area contributed by atoms with Crippen molar-refractivity contribution in [2.75, 3.05) is 38.2 Å². The third kappa shape index (κ3) is 3.99. The maximum Gasteiger partial charge on any atom is 0.332 e. The van der Waals surface area contributed by atoms with E-state index in [2.05, 4.69) is 15.6 Å². The Morgan fingerprint density at radius 3 is 2.70 bits per heavy atom. The highest BCUT2D eigenvalue weighted by Crippen LogP contribution is 2.18. The summed E-state index contributed by atoms with van der Waals surface area (Å²) in [5.74, 6) is 0.480. The number of amides is 1. The molecule has 164 valence electrons. The normalized spacial score (nSPS) is 21.4. The van der Waals surface area contributed by atoms with Crippen LogP contribution in [0.2, 0.25) is 0 Å². The van der Waals surface area contributed by atoms with E-state index in [9.17, 15) is 14.4 Å². The minimum absolute atomic E-state index is 0.0298. The van der Waals surface area contributed by atoms with Crippen molar-refractivity contribution in [3.63, 3.8) is 0 Å². The molecule has 2 fully saturated rings. The molecule has 0 unspecified atom stereocenters. The summed E-state index contributed by atoms with van der Waals surface area (Å²) in [6.45, 7) is 3.06. The molecule has 2 aliphatic heterocycles. The van der Waals surface area contributed by atoms with Gasteiger partial charge in [-0.1, -0.05) is 0 Å². The van der Waals surface area contributed by atoms with E-state index in [-0.39, 0.29) is 29.7 Å². The monoisotopic (exact) mass is 420 g/mol.